The minimum atomic E-state index is 0.713. The van der Waals surface area contributed by atoms with E-state index in [0.717, 1.165) is 31.7 Å². The Balaban J connectivity index is 2.42. The molecule has 0 aliphatic carbocycles. The van der Waals surface area contributed by atoms with Crippen LogP contribution in [0.4, 0.5) is 11.8 Å². The van der Waals surface area contributed by atoms with Gasteiger partial charge in [-0.15, -0.1) is 0 Å². The van der Waals surface area contributed by atoms with Gasteiger partial charge in [0.1, 0.15) is 5.82 Å². The fraction of sp³-hybridized carbons (Fsp3) is 0.636. The molecule has 15 heavy (non-hydrogen) atoms. The van der Waals surface area contributed by atoms with Crippen molar-refractivity contribution >= 4 is 11.8 Å². The minimum absolute atomic E-state index is 0.713. The second kappa shape index (κ2) is 7.04. The van der Waals surface area contributed by atoms with Crippen molar-refractivity contribution in [2.45, 2.75) is 33.1 Å². The Morgan fingerprint density at radius 2 is 2.00 bits per heavy atom. The average molecular weight is 208 g/mol. The lowest BCUT2D eigenvalue weighted by Gasteiger charge is -2.06. The van der Waals surface area contributed by atoms with Gasteiger partial charge in [-0.1, -0.05) is 20.3 Å². The normalized spacial score (nSPS) is 10.0. The molecule has 0 bridgehead atoms. The Kier molecular flexibility index (Phi) is 5.51. The van der Waals surface area contributed by atoms with Crippen LogP contribution in [0, 0.1) is 0 Å². The maximum Gasteiger partial charge on any atom is 0.224 e. The van der Waals surface area contributed by atoms with Crippen LogP contribution >= 0.6 is 0 Å². The van der Waals surface area contributed by atoms with Gasteiger partial charge < -0.3 is 10.6 Å². The number of rotatable bonds is 7. The third-order valence-electron chi connectivity index (χ3n) is 2.03. The van der Waals surface area contributed by atoms with Crippen molar-refractivity contribution in [2.75, 3.05) is 23.7 Å². The lowest BCUT2D eigenvalue weighted by molar-refractivity contribution is 0.826. The van der Waals surface area contributed by atoms with Gasteiger partial charge in [0.15, 0.2) is 0 Å². The highest BCUT2D eigenvalue weighted by Crippen LogP contribution is 2.05. The van der Waals surface area contributed by atoms with Crippen LogP contribution in [0.1, 0.15) is 33.1 Å². The van der Waals surface area contributed by atoms with E-state index in [1.165, 1.54) is 6.42 Å². The van der Waals surface area contributed by atoms with Crippen LogP contribution in [0.3, 0.4) is 0 Å². The van der Waals surface area contributed by atoms with Crippen molar-refractivity contribution in [2.24, 2.45) is 0 Å². The first-order chi connectivity index (χ1) is 7.36. The van der Waals surface area contributed by atoms with Gasteiger partial charge in [0.2, 0.25) is 5.95 Å². The van der Waals surface area contributed by atoms with Crippen LogP contribution in [0.15, 0.2) is 12.3 Å². The molecule has 0 fully saturated rings. The van der Waals surface area contributed by atoms with Crippen LogP contribution in [0.5, 0.6) is 0 Å². The maximum atomic E-state index is 4.35. The molecule has 0 aliphatic rings. The monoisotopic (exact) mass is 208 g/mol. The van der Waals surface area contributed by atoms with Crippen LogP contribution in [0.2, 0.25) is 0 Å². The topological polar surface area (TPSA) is 49.8 Å². The number of nitrogens with one attached hydrogen (secondary N) is 2. The highest BCUT2D eigenvalue weighted by Gasteiger charge is 1.96. The van der Waals surface area contributed by atoms with Crippen LogP contribution in [-0.4, -0.2) is 23.1 Å². The molecule has 0 amide bonds. The summed E-state index contributed by atoms with van der Waals surface area (Å²) in [5.41, 5.74) is 0. The van der Waals surface area contributed by atoms with Gasteiger partial charge in [0.05, 0.1) is 0 Å². The summed E-state index contributed by atoms with van der Waals surface area (Å²) < 4.78 is 0. The standard InChI is InChI=1S/C11H20N4/c1-3-5-8-13-11-14-9-6-10(15-11)12-7-4-2/h6,9H,3-5,7-8H2,1-2H3,(H2,12,13,14,15). The number of anilines is 2. The molecular weight excluding hydrogens is 188 g/mol. The predicted octanol–water partition coefficient (Wildman–Crippen LogP) is 2.51. The molecule has 1 heterocycles. The summed E-state index contributed by atoms with van der Waals surface area (Å²) in [5.74, 6) is 1.61. The fourth-order valence-corrected chi connectivity index (χ4v) is 1.17. The van der Waals surface area contributed by atoms with Gasteiger partial charge in [-0.3, -0.25) is 0 Å². The lowest BCUT2D eigenvalue weighted by Crippen LogP contribution is -2.07. The van der Waals surface area contributed by atoms with Crippen molar-refractivity contribution in [3.8, 4) is 0 Å². The summed E-state index contributed by atoms with van der Waals surface area (Å²) in [6.07, 6.45) is 5.21. The van der Waals surface area contributed by atoms with Gasteiger partial charge in [-0.05, 0) is 18.9 Å². The summed E-state index contributed by atoms with van der Waals surface area (Å²) in [7, 11) is 0. The van der Waals surface area contributed by atoms with Crippen LogP contribution in [0.25, 0.3) is 0 Å². The molecule has 1 rings (SSSR count). The summed E-state index contributed by atoms with van der Waals surface area (Å²) in [4.78, 5) is 8.51. The quantitative estimate of drug-likeness (QED) is 0.676. The predicted molar refractivity (Wildman–Crippen MR) is 64.2 cm³/mol. The molecule has 0 saturated heterocycles. The van der Waals surface area contributed by atoms with Gasteiger partial charge >= 0.3 is 0 Å². The third kappa shape index (κ3) is 4.63. The number of aromatic nitrogens is 2. The summed E-state index contributed by atoms with van der Waals surface area (Å²) in [5, 5.41) is 6.43. The van der Waals surface area contributed by atoms with Gasteiger partial charge in [0.25, 0.3) is 0 Å². The van der Waals surface area contributed by atoms with Crippen molar-refractivity contribution in [1.29, 1.82) is 0 Å². The molecule has 4 heteroatoms. The summed E-state index contributed by atoms with van der Waals surface area (Å²) >= 11 is 0. The van der Waals surface area contributed by atoms with E-state index in [9.17, 15) is 0 Å². The Bertz CT molecular complexity index is 275. The summed E-state index contributed by atoms with van der Waals surface area (Å²) in [6, 6.07) is 1.89. The third-order valence-corrected chi connectivity index (χ3v) is 2.03. The molecule has 0 saturated carbocycles. The van der Waals surface area contributed by atoms with E-state index in [2.05, 4.69) is 34.4 Å². The van der Waals surface area contributed by atoms with Gasteiger partial charge in [0, 0.05) is 19.3 Å². The lowest BCUT2D eigenvalue weighted by atomic mass is 10.3. The fourth-order valence-electron chi connectivity index (χ4n) is 1.17. The average Bonchev–Trinajstić information content (AvgIpc) is 2.27. The van der Waals surface area contributed by atoms with E-state index >= 15 is 0 Å². The highest BCUT2D eigenvalue weighted by molar-refractivity contribution is 5.39. The second-order valence-electron chi connectivity index (χ2n) is 3.47. The number of hydrogen-bond acceptors (Lipinski definition) is 4. The Hall–Kier alpha value is -1.32. The van der Waals surface area contributed by atoms with E-state index in [1.807, 2.05) is 6.07 Å². The molecule has 0 spiro atoms. The molecule has 84 valence electrons. The van der Waals surface area contributed by atoms with E-state index in [-0.39, 0.29) is 0 Å². The molecule has 0 unspecified atom stereocenters. The molecular formula is C11H20N4. The molecule has 0 atom stereocenters. The van der Waals surface area contributed by atoms with Crippen LogP contribution in [-0.2, 0) is 0 Å². The zero-order valence-electron chi connectivity index (χ0n) is 9.58. The van der Waals surface area contributed by atoms with Crippen molar-refractivity contribution < 1.29 is 0 Å². The van der Waals surface area contributed by atoms with E-state index in [4.69, 9.17) is 0 Å². The first-order valence-corrected chi connectivity index (χ1v) is 5.67. The molecule has 2 N–H and O–H groups in total. The van der Waals surface area contributed by atoms with Crippen LogP contribution < -0.4 is 10.6 Å². The molecule has 0 aliphatic heterocycles. The SMILES string of the molecule is CCCCNc1nccc(NCCC)n1. The minimum Gasteiger partial charge on any atom is -0.370 e. The molecule has 1 aromatic heterocycles. The molecule has 0 aromatic carbocycles. The highest BCUT2D eigenvalue weighted by atomic mass is 15.1. The number of nitrogens with zero attached hydrogens (tertiary/aromatic N) is 2. The molecule has 0 radical (unpaired) electrons. The van der Waals surface area contributed by atoms with E-state index in [1.54, 1.807) is 6.20 Å². The van der Waals surface area contributed by atoms with Gasteiger partial charge in [-0.25, -0.2) is 4.98 Å². The van der Waals surface area contributed by atoms with E-state index in [0.29, 0.717) is 5.95 Å². The van der Waals surface area contributed by atoms with Crippen molar-refractivity contribution in [1.82, 2.24) is 9.97 Å². The molecule has 1 aromatic rings. The summed E-state index contributed by atoms with van der Waals surface area (Å²) in [6.45, 7) is 6.19. The van der Waals surface area contributed by atoms with Crippen molar-refractivity contribution in [3.05, 3.63) is 12.3 Å². The number of hydrogen-bond donors (Lipinski definition) is 2. The first kappa shape index (κ1) is 11.8. The van der Waals surface area contributed by atoms with Gasteiger partial charge in [-0.2, -0.15) is 4.98 Å². The Morgan fingerprint density at radius 1 is 1.13 bits per heavy atom. The Morgan fingerprint density at radius 3 is 2.73 bits per heavy atom. The largest absolute Gasteiger partial charge is 0.370 e. The first-order valence-electron chi connectivity index (χ1n) is 5.67. The zero-order valence-corrected chi connectivity index (χ0v) is 9.58. The smallest absolute Gasteiger partial charge is 0.224 e. The zero-order chi connectivity index (χ0) is 10.9. The van der Waals surface area contributed by atoms with Crippen molar-refractivity contribution in [3.63, 3.8) is 0 Å². The number of unbranched alkanes of at least 4 members (excludes halogenated alkanes) is 1. The maximum absolute atomic E-state index is 4.35. The van der Waals surface area contributed by atoms with E-state index < -0.39 is 0 Å². The molecule has 4 nitrogen and oxygen atoms in total. The second-order valence-corrected chi connectivity index (χ2v) is 3.47. The Labute approximate surface area is 91.5 Å².